The van der Waals surface area contributed by atoms with Gasteiger partial charge < -0.3 is 14.7 Å². The lowest BCUT2D eigenvalue weighted by molar-refractivity contribution is 0.0942. The zero-order valence-electron chi connectivity index (χ0n) is 17.9. The number of nitrogens with one attached hydrogen (secondary N) is 2. The van der Waals surface area contributed by atoms with E-state index in [9.17, 15) is 4.79 Å². The molecule has 1 aliphatic heterocycles. The van der Waals surface area contributed by atoms with Gasteiger partial charge in [-0.1, -0.05) is 31.5 Å². The van der Waals surface area contributed by atoms with E-state index in [4.69, 9.17) is 4.42 Å². The molecule has 4 heterocycles. The molecule has 1 fully saturated rings. The monoisotopic (exact) mass is 416 g/mol. The van der Waals surface area contributed by atoms with Crippen LogP contribution in [-0.4, -0.2) is 33.4 Å². The highest BCUT2D eigenvalue weighted by Crippen LogP contribution is 2.24. The van der Waals surface area contributed by atoms with Gasteiger partial charge in [-0.15, -0.1) is 0 Å². The standard InChI is InChI=1S/C25H28N4O2/c1-2-19-7-3-4-13-29(19)16-21-11-10-20(31-21)15-27-25(30)22-14-18-9-8-17-6-5-12-26-23(17)24(18)28-22/h5-6,8-12,14,19,28H,2-4,7,13,15-16H2,1H3,(H,27,30)/t19-/m0/s1. The first-order valence-electron chi connectivity index (χ1n) is 11.2. The van der Waals surface area contributed by atoms with Crippen molar-refractivity contribution < 1.29 is 9.21 Å². The van der Waals surface area contributed by atoms with Crippen LogP contribution in [0.5, 0.6) is 0 Å². The summed E-state index contributed by atoms with van der Waals surface area (Å²) >= 11 is 0. The quantitative estimate of drug-likeness (QED) is 0.464. The zero-order valence-corrected chi connectivity index (χ0v) is 17.9. The highest BCUT2D eigenvalue weighted by atomic mass is 16.3. The van der Waals surface area contributed by atoms with Crippen LogP contribution in [0.15, 0.2) is 53.1 Å². The summed E-state index contributed by atoms with van der Waals surface area (Å²) in [7, 11) is 0. The molecule has 5 rings (SSSR count). The topological polar surface area (TPSA) is 74.2 Å². The van der Waals surface area contributed by atoms with Crippen LogP contribution in [-0.2, 0) is 13.1 Å². The summed E-state index contributed by atoms with van der Waals surface area (Å²) in [5.41, 5.74) is 2.28. The number of aromatic amines is 1. The molecule has 160 valence electrons. The smallest absolute Gasteiger partial charge is 0.268 e. The van der Waals surface area contributed by atoms with E-state index in [0.717, 1.165) is 46.4 Å². The second kappa shape index (κ2) is 8.55. The molecule has 1 saturated heterocycles. The van der Waals surface area contributed by atoms with E-state index in [-0.39, 0.29) is 5.91 Å². The molecule has 1 atom stereocenters. The van der Waals surface area contributed by atoms with E-state index < -0.39 is 0 Å². The molecular weight excluding hydrogens is 388 g/mol. The first-order chi connectivity index (χ1) is 15.2. The lowest BCUT2D eigenvalue weighted by Gasteiger charge is -2.34. The van der Waals surface area contributed by atoms with Crippen LogP contribution in [0, 0.1) is 0 Å². The van der Waals surface area contributed by atoms with Gasteiger partial charge in [0.25, 0.3) is 5.91 Å². The second-order valence-electron chi connectivity index (χ2n) is 8.37. The van der Waals surface area contributed by atoms with E-state index in [2.05, 4.69) is 27.1 Å². The first kappa shape index (κ1) is 19.8. The Bertz CT molecular complexity index is 1210. The van der Waals surface area contributed by atoms with Crippen molar-refractivity contribution in [3.63, 3.8) is 0 Å². The van der Waals surface area contributed by atoms with E-state index in [1.807, 2.05) is 42.5 Å². The van der Waals surface area contributed by atoms with Gasteiger partial charge in [0.2, 0.25) is 0 Å². The SMILES string of the molecule is CC[C@H]1CCCCN1Cc1ccc(CNC(=O)c2cc3ccc4cccnc4c3[nH]2)o1. The number of likely N-dealkylation sites (tertiary alicyclic amines) is 1. The molecular formula is C25H28N4O2. The Balaban J connectivity index is 1.24. The molecule has 2 N–H and O–H groups in total. The number of carbonyl (C=O) groups excluding carboxylic acids is 1. The summed E-state index contributed by atoms with van der Waals surface area (Å²) < 4.78 is 6.01. The number of fused-ring (bicyclic) bond motifs is 3. The highest BCUT2D eigenvalue weighted by Gasteiger charge is 2.22. The predicted molar refractivity (Wildman–Crippen MR) is 122 cm³/mol. The molecule has 6 heteroatoms. The summed E-state index contributed by atoms with van der Waals surface area (Å²) in [5, 5.41) is 4.99. The maximum atomic E-state index is 12.7. The number of amides is 1. The highest BCUT2D eigenvalue weighted by molar-refractivity contribution is 6.07. The van der Waals surface area contributed by atoms with E-state index in [1.54, 1.807) is 6.20 Å². The largest absolute Gasteiger partial charge is 0.463 e. The maximum Gasteiger partial charge on any atom is 0.268 e. The number of aromatic nitrogens is 2. The van der Waals surface area contributed by atoms with Crippen LogP contribution in [0.3, 0.4) is 0 Å². The average molecular weight is 417 g/mol. The Morgan fingerprint density at radius 2 is 2.06 bits per heavy atom. The number of piperidine rings is 1. The van der Waals surface area contributed by atoms with Crippen molar-refractivity contribution in [2.75, 3.05) is 6.54 Å². The van der Waals surface area contributed by atoms with Crippen molar-refractivity contribution in [1.82, 2.24) is 20.2 Å². The number of nitrogens with zero attached hydrogens (tertiary/aromatic N) is 2. The van der Waals surface area contributed by atoms with Gasteiger partial charge >= 0.3 is 0 Å². The van der Waals surface area contributed by atoms with Crippen LogP contribution in [0.2, 0.25) is 0 Å². The van der Waals surface area contributed by atoms with E-state index in [1.165, 1.54) is 25.7 Å². The molecule has 0 unspecified atom stereocenters. The van der Waals surface area contributed by atoms with Gasteiger partial charge in [0.15, 0.2) is 0 Å². The number of H-pyrrole nitrogens is 1. The molecule has 4 aromatic rings. The molecule has 6 nitrogen and oxygen atoms in total. The Morgan fingerprint density at radius 3 is 2.97 bits per heavy atom. The number of hydrogen-bond donors (Lipinski definition) is 2. The van der Waals surface area contributed by atoms with E-state index >= 15 is 0 Å². The molecule has 1 aliphatic rings. The van der Waals surface area contributed by atoms with Crippen molar-refractivity contribution in [3.05, 3.63) is 65.9 Å². The maximum absolute atomic E-state index is 12.7. The summed E-state index contributed by atoms with van der Waals surface area (Å²) in [6.07, 6.45) is 6.80. The third-order valence-electron chi connectivity index (χ3n) is 6.33. The summed E-state index contributed by atoms with van der Waals surface area (Å²) in [4.78, 5) is 22.9. The minimum atomic E-state index is -0.152. The van der Waals surface area contributed by atoms with Gasteiger partial charge in [0, 0.05) is 23.0 Å². The Morgan fingerprint density at radius 1 is 1.19 bits per heavy atom. The Hall–Kier alpha value is -3.12. The van der Waals surface area contributed by atoms with Crippen molar-refractivity contribution in [1.29, 1.82) is 0 Å². The number of hydrogen-bond acceptors (Lipinski definition) is 4. The number of carbonyl (C=O) groups is 1. The summed E-state index contributed by atoms with van der Waals surface area (Å²) in [6.45, 7) is 4.60. The number of pyridine rings is 1. The van der Waals surface area contributed by atoms with Gasteiger partial charge in [0.1, 0.15) is 17.2 Å². The molecule has 31 heavy (non-hydrogen) atoms. The van der Waals surface area contributed by atoms with Crippen LogP contribution in [0.25, 0.3) is 21.8 Å². The average Bonchev–Trinajstić information content (AvgIpc) is 3.45. The summed E-state index contributed by atoms with van der Waals surface area (Å²) in [5.74, 6) is 1.59. The minimum Gasteiger partial charge on any atom is -0.463 e. The molecule has 1 amide bonds. The number of benzene rings is 1. The van der Waals surface area contributed by atoms with Crippen LogP contribution in [0.1, 0.15) is 54.6 Å². The molecule has 0 aliphatic carbocycles. The molecule has 1 aromatic carbocycles. The fourth-order valence-corrected chi connectivity index (χ4v) is 4.66. The van der Waals surface area contributed by atoms with Gasteiger partial charge in [-0.25, -0.2) is 0 Å². The van der Waals surface area contributed by atoms with Crippen LogP contribution >= 0.6 is 0 Å². The third kappa shape index (κ3) is 4.08. The summed E-state index contributed by atoms with van der Waals surface area (Å²) in [6, 6.07) is 14.5. The zero-order chi connectivity index (χ0) is 21.2. The number of furan rings is 1. The minimum absolute atomic E-state index is 0.152. The van der Waals surface area contributed by atoms with Crippen molar-refractivity contribution in [2.45, 2.75) is 51.7 Å². The Kier molecular flexibility index (Phi) is 5.47. The lowest BCUT2D eigenvalue weighted by atomic mass is 10.00. The molecule has 0 radical (unpaired) electrons. The van der Waals surface area contributed by atoms with Crippen molar-refractivity contribution >= 4 is 27.7 Å². The van der Waals surface area contributed by atoms with E-state index in [0.29, 0.717) is 18.3 Å². The van der Waals surface area contributed by atoms with Gasteiger partial charge in [-0.3, -0.25) is 14.7 Å². The van der Waals surface area contributed by atoms with Gasteiger partial charge in [-0.05, 0) is 50.1 Å². The van der Waals surface area contributed by atoms with Crippen molar-refractivity contribution in [2.24, 2.45) is 0 Å². The Labute approximate surface area is 181 Å². The molecule has 0 saturated carbocycles. The molecule has 0 bridgehead atoms. The predicted octanol–water partition coefficient (Wildman–Crippen LogP) is 5.00. The first-order valence-corrected chi connectivity index (χ1v) is 11.2. The normalized spacial score (nSPS) is 17.4. The number of rotatable bonds is 6. The van der Waals surface area contributed by atoms with Crippen molar-refractivity contribution in [3.8, 4) is 0 Å². The van der Waals surface area contributed by atoms with Crippen LogP contribution in [0.4, 0.5) is 0 Å². The second-order valence-corrected chi connectivity index (χ2v) is 8.37. The molecule has 3 aromatic heterocycles. The fraction of sp³-hybridized carbons (Fsp3) is 0.360. The van der Waals surface area contributed by atoms with Crippen LogP contribution < -0.4 is 5.32 Å². The lowest BCUT2D eigenvalue weighted by Crippen LogP contribution is -2.38. The van der Waals surface area contributed by atoms with Gasteiger partial charge in [0.05, 0.1) is 24.1 Å². The molecule has 0 spiro atoms. The van der Waals surface area contributed by atoms with Gasteiger partial charge in [-0.2, -0.15) is 0 Å². The fourth-order valence-electron chi connectivity index (χ4n) is 4.66. The third-order valence-corrected chi connectivity index (χ3v) is 6.33.